The van der Waals surface area contributed by atoms with Crippen LogP contribution < -0.4 is 9.47 Å². The van der Waals surface area contributed by atoms with Gasteiger partial charge in [0.05, 0.1) is 19.1 Å². The predicted octanol–water partition coefficient (Wildman–Crippen LogP) is 4.04. The summed E-state index contributed by atoms with van der Waals surface area (Å²) in [5.41, 5.74) is 1.84. The summed E-state index contributed by atoms with van der Waals surface area (Å²) < 4.78 is 11.5. The maximum atomic E-state index is 12.5. The Morgan fingerprint density at radius 1 is 1.33 bits per heavy atom. The van der Waals surface area contributed by atoms with E-state index in [1.807, 2.05) is 31.2 Å². The molecule has 0 atom stereocenters. The van der Waals surface area contributed by atoms with E-state index in [1.165, 1.54) is 11.8 Å². The molecule has 0 spiro atoms. The summed E-state index contributed by atoms with van der Waals surface area (Å²) in [6.07, 6.45) is 5.18. The van der Waals surface area contributed by atoms with Crippen molar-refractivity contribution in [3.8, 4) is 11.5 Å². The van der Waals surface area contributed by atoms with Crippen LogP contribution in [0.1, 0.15) is 24.5 Å². The third kappa shape index (κ3) is 3.82. The monoisotopic (exact) mass is 363 g/mol. The first-order valence-electron chi connectivity index (χ1n) is 7.66. The molecule has 0 bridgehead atoms. The van der Waals surface area contributed by atoms with Crippen LogP contribution in [0, 0.1) is 0 Å². The molecule has 0 aromatic heterocycles. The van der Waals surface area contributed by atoms with Crippen molar-refractivity contribution in [3.63, 3.8) is 0 Å². The zero-order valence-corrected chi connectivity index (χ0v) is 15.8. The van der Waals surface area contributed by atoms with E-state index in [-0.39, 0.29) is 5.91 Å². The Kier molecular flexibility index (Phi) is 6.45. The van der Waals surface area contributed by atoms with Gasteiger partial charge < -0.3 is 9.47 Å². The van der Waals surface area contributed by atoms with Gasteiger partial charge in [0.25, 0.3) is 5.91 Å². The minimum absolute atomic E-state index is 0.0353. The van der Waals surface area contributed by atoms with E-state index in [9.17, 15) is 4.79 Å². The number of thiocarbonyl (C=S) groups is 1. The molecule has 2 rings (SSSR count). The van der Waals surface area contributed by atoms with Gasteiger partial charge in [0.2, 0.25) is 0 Å². The molecule has 0 saturated carbocycles. The fraction of sp³-hybridized carbons (Fsp3) is 0.333. The molecule has 6 heteroatoms. The van der Waals surface area contributed by atoms with Gasteiger partial charge in [-0.05, 0) is 36.6 Å². The predicted molar refractivity (Wildman–Crippen MR) is 104 cm³/mol. The third-order valence-electron chi connectivity index (χ3n) is 3.56. The summed E-state index contributed by atoms with van der Waals surface area (Å²) in [7, 11) is 3.21. The Bertz CT molecular complexity index is 698. The number of benzene rings is 1. The molecular weight excluding hydrogens is 342 g/mol. The average Bonchev–Trinajstić information content (AvgIpc) is 2.82. The van der Waals surface area contributed by atoms with Crippen molar-refractivity contribution in [1.82, 2.24) is 4.90 Å². The fourth-order valence-corrected chi connectivity index (χ4v) is 3.83. The number of ether oxygens (including phenoxy) is 2. The van der Waals surface area contributed by atoms with Crippen LogP contribution in [0.4, 0.5) is 0 Å². The normalized spacial score (nSPS) is 16.0. The summed E-state index contributed by atoms with van der Waals surface area (Å²) in [6.45, 7) is 6.45. The summed E-state index contributed by atoms with van der Waals surface area (Å²) >= 11 is 6.64. The molecule has 1 aromatic carbocycles. The first kappa shape index (κ1) is 18.5. The molecule has 1 aromatic rings. The Morgan fingerprint density at radius 2 is 2.08 bits per heavy atom. The molecule has 24 heavy (non-hydrogen) atoms. The highest BCUT2D eigenvalue weighted by Crippen LogP contribution is 2.37. The van der Waals surface area contributed by atoms with Crippen molar-refractivity contribution < 1.29 is 14.3 Å². The number of allylic oxidation sites excluding steroid dienone is 1. The number of hydrogen-bond donors (Lipinski definition) is 0. The molecule has 0 radical (unpaired) electrons. The molecule has 0 N–H and O–H groups in total. The second-order valence-electron chi connectivity index (χ2n) is 5.24. The van der Waals surface area contributed by atoms with Crippen LogP contribution in [-0.4, -0.2) is 35.9 Å². The van der Waals surface area contributed by atoms with Gasteiger partial charge in [0.1, 0.15) is 4.32 Å². The van der Waals surface area contributed by atoms with Gasteiger partial charge in [-0.15, -0.1) is 6.58 Å². The van der Waals surface area contributed by atoms with Crippen molar-refractivity contribution in [2.75, 3.05) is 20.8 Å². The lowest BCUT2D eigenvalue weighted by molar-refractivity contribution is -0.122. The topological polar surface area (TPSA) is 38.8 Å². The zero-order valence-electron chi connectivity index (χ0n) is 14.1. The number of carbonyl (C=O) groups is 1. The number of methoxy groups -OCH3 is 2. The maximum absolute atomic E-state index is 12.5. The smallest absolute Gasteiger partial charge is 0.266 e. The number of amides is 1. The highest BCUT2D eigenvalue weighted by Gasteiger charge is 2.31. The van der Waals surface area contributed by atoms with Crippen LogP contribution in [0.25, 0.3) is 6.08 Å². The Balaban J connectivity index is 2.42. The van der Waals surface area contributed by atoms with Crippen LogP contribution in [0.15, 0.2) is 29.7 Å². The van der Waals surface area contributed by atoms with Gasteiger partial charge in [0.15, 0.2) is 11.5 Å². The van der Waals surface area contributed by atoms with E-state index in [1.54, 1.807) is 19.1 Å². The maximum Gasteiger partial charge on any atom is 0.266 e. The number of nitrogens with zero attached hydrogens (tertiary/aromatic N) is 1. The molecule has 1 saturated heterocycles. The lowest BCUT2D eigenvalue weighted by Gasteiger charge is -2.13. The number of thioether (sulfide) groups is 1. The van der Waals surface area contributed by atoms with E-state index < -0.39 is 0 Å². The molecule has 1 aliphatic rings. The van der Waals surface area contributed by atoms with Crippen molar-refractivity contribution in [2.45, 2.75) is 19.8 Å². The number of hydrogen-bond acceptors (Lipinski definition) is 5. The minimum Gasteiger partial charge on any atom is -0.493 e. The fourth-order valence-electron chi connectivity index (χ4n) is 2.53. The highest BCUT2D eigenvalue weighted by atomic mass is 32.2. The quantitative estimate of drug-likeness (QED) is 0.415. The molecule has 1 amide bonds. The second-order valence-corrected chi connectivity index (χ2v) is 6.92. The Hall–Kier alpha value is -1.79. The summed E-state index contributed by atoms with van der Waals surface area (Å²) in [5, 5.41) is 0. The van der Waals surface area contributed by atoms with Gasteiger partial charge in [-0.1, -0.05) is 37.0 Å². The molecule has 0 aliphatic carbocycles. The van der Waals surface area contributed by atoms with Gasteiger partial charge in [0, 0.05) is 12.1 Å². The number of carbonyl (C=O) groups excluding carboxylic acids is 1. The van der Waals surface area contributed by atoms with Gasteiger partial charge in [-0.3, -0.25) is 9.69 Å². The van der Waals surface area contributed by atoms with Crippen LogP contribution in [0.5, 0.6) is 11.5 Å². The molecule has 128 valence electrons. The Labute approximate surface area is 152 Å². The summed E-state index contributed by atoms with van der Waals surface area (Å²) in [6, 6.07) is 3.84. The largest absolute Gasteiger partial charge is 0.493 e. The van der Waals surface area contributed by atoms with Crippen LogP contribution in [0.3, 0.4) is 0 Å². The van der Waals surface area contributed by atoms with Crippen molar-refractivity contribution in [3.05, 3.63) is 40.8 Å². The SMILES string of the molecule is C=CCc1cc(/C=C2/SC(=S)N(CCC)C2=O)cc(OC)c1OC. The molecule has 1 fully saturated rings. The van der Waals surface area contributed by atoms with Gasteiger partial charge in [-0.2, -0.15) is 0 Å². The first-order chi connectivity index (χ1) is 11.5. The van der Waals surface area contributed by atoms with Crippen molar-refractivity contribution >= 4 is 40.3 Å². The van der Waals surface area contributed by atoms with Gasteiger partial charge in [-0.25, -0.2) is 0 Å². The van der Waals surface area contributed by atoms with E-state index in [2.05, 4.69) is 6.58 Å². The van der Waals surface area contributed by atoms with Crippen LogP contribution >= 0.6 is 24.0 Å². The molecule has 0 unspecified atom stereocenters. The Morgan fingerprint density at radius 3 is 2.67 bits per heavy atom. The van der Waals surface area contributed by atoms with Gasteiger partial charge >= 0.3 is 0 Å². The van der Waals surface area contributed by atoms with Crippen LogP contribution in [0.2, 0.25) is 0 Å². The van der Waals surface area contributed by atoms with Crippen LogP contribution in [-0.2, 0) is 11.2 Å². The number of rotatable bonds is 7. The van der Waals surface area contributed by atoms with Crippen molar-refractivity contribution in [1.29, 1.82) is 0 Å². The van der Waals surface area contributed by atoms with E-state index >= 15 is 0 Å². The summed E-state index contributed by atoms with van der Waals surface area (Å²) in [5.74, 6) is 1.28. The second kappa shape index (κ2) is 8.35. The molecule has 4 nitrogen and oxygen atoms in total. The lowest BCUT2D eigenvalue weighted by Crippen LogP contribution is -2.28. The minimum atomic E-state index is -0.0353. The molecular formula is C18H21NO3S2. The van der Waals surface area contributed by atoms with E-state index in [0.717, 1.165) is 17.5 Å². The van der Waals surface area contributed by atoms with E-state index in [0.29, 0.717) is 33.7 Å². The zero-order chi connectivity index (χ0) is 17.7. The third-order valence-corrected chi connectivity index (χ3v) is 4.94. The van der Waals surface area contributed by atoms with E-state index in [4.69, 9.17) is 21.7 Å². The standard InChI is InChI=1S/C18H21NO3S2/c1-5-7-13-9-12(10-14(21-3)16(13)22-4)11-15-17(20)19(8-6-2)18(23)24-15/h5,9-11H,1,6-8H2,2-4H3/b15-11+. The van der Waals surface area contributed by atoms with Crippen molar-refractivity contribution in [2.24, 2.45) is 0 Å². The molecule has 1 heterocycles. The lowest BCUT2D eigenvalue weighted by atomic mass is 10.0. The summed E-state index contributed by atoms with van der Waals surface area (Å²) in [4.78, 5) is 14.8. The highest BCUT2D eigenvalue weighted by molar-refractivity contribution is 8.26. The average molecular weight is 364 g/mol. The molecule has 1 aliphatic heterocycles. The first-order valence-corrected chi connectivity index (χ1v) is 8.89.